The lowest BCUT2D eigenvalue weighted by Crippen LogP contribution is -2.38. The lowest BCUT2D eigenvalue weighted by Gasteiger charge is -2.20. The molecule has 0 radical (unpaired) electrons. The zero-order chi connectivity index (χ0) is 9.22. The fraction of sp³-hybridized carbons (Fsp3) is 0.500. The molecule has 3 aliphatic rings. The van der Waals surface area contributed by atoms with Gasteiger partial charge in [0.25, 0.3) is 0 Å². The van der Waals surface area contributed by atoms with E-state index in [9.17, 15) is 14.7 Å². The summed E-state index contributed by atoms with van der Waals surface area (Å²) in [7, 11) is 0. The second-order valence-electron chi connectivity index (χ2n) is 3.55. The van der Waals surface area contributed by atoms with Crippen LogP contribution in [0.15, 0.2) is 12.2 Å². The van der Waals surface area contributed by atoms with Crippen LogP contribution in [-0.4, -0.2) is 28.8 Å². The van der Waals surface area contributed by atoms with Crippen LogP contribution in [0.3, 0.4) is 0 Å². The third-order valence-corrected chi connectivity index (χ3v) is 2.84. The molecule has 2 amide bonds. The van der Waals surface area contributed by atoms with Crippen molar-refractivity contribution in [3.63, 3.8) is 0 Å². The van der Waals surface area contributed by atoms with Gasteiger partial charge in [-0.3, -0.25) is 14.9 Å². The largest absolute Gasteiger partial charge is 0.362 e. The fourth-order valence-electron chi connectivity index (χ4n) is 2.28. The van der Waals surface area contributed by atoms with Gasteiger partial charge in [0.15, 0.2) is 5.79 Å². The van der Waals surface area contributed by atoms with Crippen LogP contribution in [0, 0.1) is 11.8 Å². The number of hydrogen-bond acceptors (Lipinski definition) is 4. The molecule has 5 nitrogen and oxygen atoms in total. The molecular weight excluding hydrogens is 174 g/mol. The minimum Gasteiger partial charge on any atom is -0.362 e. The number of amides is 2. The molecule has 2 bridgehead atoms. The van der Waals surface area contributed by atoms with Gasteiger partial charge in [-0.25, -0.2) is 0 Å². The summed E-state index contributed by atoms with van der Waals surface area (Å²) in [4.78, 5) is 22.5. The normalized spacial score (nSPS) is 51.3. The number of carbonyl (C=O) groups is 2. The molecule has 4 unspecified atom stereocenters. The van der Waals surface area contributed by atoms with Gasteiger partial charge in [-0.1, -0.05) is 6.08 Å². The first kappa shape index (κ1) is 7.23. The predicted octanol–water partition coefficient (Wildman–Crippen LogP) is -1.47. The standard InChI is InChI=1S/C8H7NO4/c10-6-4-3-1-2-8(12,13-3)5(4)7(11)9-6/h1-5,12H,(H,9,10,11). The fourth-order valence-corrected chi connectivity index (χ4v) is 2.28. The Morgan fingerprint density at radius 3 is 2.92 bits per heavy atom. The first-order valence-corrected chi connectivity index (χ1v) is 4.06. The molecule has 0 aromatic rings. The van der Waals surface area contributed by atoms with Gasteiger partial charge >= 0.3 is 0 Å². The number of fused-ring (bicyclic) bond motifs is 5. The van der Waals surface area contributed by atoms with Crippen LogP contribution in [0.1, 0.15) is 0 Å². The zero-order valence-electron chi connectivity index (χ0n) is 6.56. The van der Waals surface area contributed by atoms with Gasteiger partial charge in [-0.2, -0.15) is 0 Å². The van der Waals surface area contributed by atoms with E-state index < -0.39 is 29.6 Å². The molecule has 4 atom stereocenters. The van der Waals surface area contributed by atoms with Crippen LogP contribution in [0.25, 0.3) is 0 Å². The summed E-state index contributed by atoms with van der Waals surface area (Å²) < 4.78 is 5.13. The first-order chi connectivity index (χ1) is 6.12. The number of aliphatic hydroxyl groups is 1. The van der Waals surface area contributed by atoms with Gasteiger partial charge in [-0.05, 0) is 6.08 Å². The number of imide groups is 1. The number of ether oxygens (including phenoxy) is 1. The Morgan fingerprint density at radius 1 is 1.46 bits per heavy atom. The number of rotatable bonds is 0. The summed E-state index contributed by atoms with van der Waals surface area (Å²) in [5.74, 6) is -3.63. The molecule has 0 aromatic heterocycles. The van der Waals surface area contributed by atoms with E-state index in [-0.39, 0.29) is 5.91 Å². The summed E-state index contributed by atoms with van der Waals surface area (Å²) in [6, 6.07) is 0. The molecule has 2 saturated heterocycles. The van der Waals surface area contributed by atoms with E-state index in [1.807, 2.05) is 0 Å². The third-order valence-electron chi connectivity index (χ3n) is 2.84. The highest BCUT2D eigenvalue weighted by Gasteiger charge is 2.65. The third kappa shape index (κ3) is 0.653. The van der Waals surface area contributed by atoms with E-state index in [4.69, 9.17) is 4.74 Å². The molecule has 68 valence electrons. The van der Waals surface area contributed by atoms with Crippen molar-refractivity contribution in [3.8, 4) is 0 Å². The summed E-state index contributed by atoms with van der Waals surface area (Å²) >= 11 is 0. The summed E-state index contributed by atoms with van der Waals surface area (Å²) in [5, 5.41) is 12.0. The maximum absolute atomic E-state index is 11.3. The second-order valence-corrected chi connectivity index (χ2v) is 3.55. The minimum atomic E-state index is -1.55. The van der Waals surface area contributed by atoms with E-state index in [1.165, 1.54) is 6.08 Å². The Morgan fingerprint density at radius 2 is 2.23 bits per heavy atom. The van der Waals surface area contributed by atoms with Gasteiger partial charge in [-0.15, -0.1) is 0 Å². The quantitative estimate of drug-likeness (QED) is 0.353. The Kier molecular flexibility index (Phi) is 1.02. The maximum Gasteiger partial charge on any atom is 0.236 e. The van der Waals surface area contributed by atoms with E-state index in [0.29, 0.717) is 0 Å². The Hall–Kier alpha value is -1.20. The van der Waals surface area contributed by atoms with Crippen LogP contribution < -0.4 is 5.32 Å². The van der Waals surface area contributed by atoms with Gasteiger partial charge < -0.3 is 9.84 Å². The number of nitrogens with one attached hydrogen (secondary N) is 1. The van der Waals surface area contributed by atoms with Crippen molar-refractivity contribution in [2.45, 2.75) is 11.9 Å². The molecule has 2 N–H and O–H groups in total. The van der Waals surface area contributed by atoms with Crippen molar-refractivity contribution < 1.29 is 19.4 Å². The highest BCUT2D eigenvalue weighted by Crippen LogP contribution is 2.47. The van der Waals surface area contributed by atoms with Crippen molar-refractivity contribution in [1.29, 1.82) is 0 Å². The van der Waals surface area contributed by atoms with Crippen LogP contribution in [0.5, 0.6) is 0 Å². The van der Waals surface area contributed by atoms with Gasteiger partial charge in [0, 0.05) is 0 Å². The first-order valence-electron chi connectivity index (χ1n) is 4.06. The average molecular weight is 181 g/mol. The lowest BCUT2D eigenvalue weighted by atomic mass is 9.83. The van der Waals surface area contributed by atoms with Crippen molar-refractivity contribution in [2.24, 2.45) is 11.8 Å². The van der Waals surface area contributed by atoms with Crippen LogP contribution in [0.2, 0.25) is 0 Å². The van der Waals surface area contributed by atoms with Crippen molar-refractivity contribution in [1.82, 2.24) is 5.32 Å². The molecule has 13 heavy (non-hydrogen) atoms. The van der Waals surface area contributed by atoms with Gasteiger partial charge in [0.1, 0.15) is 5.92 Å². The molecule has 0 spiro atoms. The topological polar surface area (TPSA) is 75.6 Å². The molecule has 2 fully saturated rings. The Labute approximate surface area is 73.4 Å². The zero-order valence-corrected chi connectivity index (χ0v) is 6.56. The van der Waals surface area contributed by atoms with Crippen molar-refractivity contribution in [2.75, 3.05) is 0 Å². The minimum absolute atomic E-state index is 0.347. The summed E-state index contributed by atoms with van der Waals surface area (Å²) in [6.45, 7) is 0. The Balaban J connectivity index is 2.13. The molecule has 0 saturated carbocycles. The molecule has 5 heteroatoms. The van der Waals surface area contributed by atoms with Crippen molar-refractivity contribution >= 4 is 11.8 Å². The lowest BCUT2D eigenvalue weighted by molar-refractivity contribution is -0.165. The van der Waals surface area contributed by atoms with E-state index >= 15 is 0 Å². The maximum atomic E-state index is 11.3. The summed E-state index contributed by atoms with van der Waals surface area (Å²) in [6.07, 6.45) is 2.62. The highest BCUT2D eigenvalue weighted by molar-refractivity contribution is 6.06. The highest BCUT2D eigenvalue weighted by atomic mass is 16.6. The molecule has 3 rings (SSSR count). The molecule has 0 aromatic carbocycles. The van der Waals surface area contributed by atoms with E-state index in [0.717, 1.165) is 0 Å². The van der Waals surface area contributed by atoms with Crippen LogP contribution >= 0.6 is 0 Å². The van der Waals surface area contributed by atoms with Gasteiger partial charge in [0.2, 0.25) is 11.8 Å². The molecule has 3 aliphatic heterocycles. The van der Waals surface area contributed by atoms with Crippen LogP contribution in [0.4, 0.5) is 0 Å². The van der Waals surface area contributed by atoms with Crippen molar-refractivity contribution in [3.05, 3.63) is 12.2 Å². The SMILES string of the molecule is O=C1NC(=O)C2C1C1C=CC2(O)O1. The molecule has 3 heterocycles. The average Bonchev–Trinajstić information content (AvgIpc) is 2.62. The van der Waals surface area contributed by atoms with Gasteiger partial charge in [0.05, 0.1) is 12.0 Å². The molecule has 0 aliphatic carbocycles. The van der Waals surface area contributed by atoms with E-state index in [1.54, 1.807) is 6.08 Å². The second kappa shape index (κ2) is 1.83. The Bertz CT molecular complexity index is 350. The predicted molar refractivity (Wildman–Crippen MR) is 39.1 cm³/mol. The monoisotopic (exact) mass is 181 g/mol. The number of carbonyl (C=O) groups excluding carboxylic acids is 2. The smallest absolute Gasteiger partial charge is 0.236 e. The van der Waals surface area contributed by atoms with Crippen LogP contribution in [-0.2, 0) is 14.3 Å². The van der Waals surface area contributed by atoms with E-state index in [2.05, 4.69) is 5.32 Å². The number of hydrogen-bond donors (Lipinski definition) is 2. The molecular formula is C8H7NO4. The summed E-state index contributed by atoms with van der Waals surface area (Å²) in [5.41, 5.74) is 0.